The molecule has 1 aliphatic heterocycles. The number of anilines is 1. The quantitative estimate of drug-likeness (QED) is 0.493. The third kappa shape index (κ3) is 3.13. The largest absolute Gasteiger partial charge is 0.465 e. The number of aryl methyl sites for hydroxylation is 1. The van der Waals surface area contributed by atoms with Gasteiger partial charge in [-0.25, -0.2) is 0 Å². The lowest BCUT2D eigenvalue weighted by molar-refractivity contribution is 0.0988. The van der Waals surface area contributed by atoms with E-state index in [0.717, 1.165) is 11.1 Å². The van der Waals surface area contributed by atoms with E-state index in [0.29, 0.717) is 28.1 Å². The third-order valence-electron chi connectivity index (χ3n) is 4.53. The fourth-order valence-corrected chi connectivity index (χ4v) is 3.13. The highest BCUT2D eigenvalue weighted by molar-refractivity contribution is 6.40. The molecular formula is C23H17NO3. The molecule has 4 nitrogen and oxygen atoms in total. The predicted molar refractivity (Wildman–Crippen MR) is 105 cm³/mol. The Kier molecular flexibility index (Phi) is 4.09. The van der Waals surface area contributed by atoms with Crippen molar-refractivity contribution in [2.75, 3.05) is 5.73 Å². The number of Topliss-reactive ketones (excluding diaryl/α,β-unsaturated/α-hetero) is 2. The molecule has 0 radical (unpaired) electrons. The first-order valence-electron chi connectivity index (χ1n) is 8.56. The predicted octanol–water partition coefficient (Wildman–Crippen LogP) is 4.39. The second-order valence-corrected chi connectivity index (χ2v) is 6.50. The van der Waals surface area contributed by atoms with Crippen LogP contribution < -0.4 is 5.73 Å². The van der Waals surface area contributed by atoms with Crippen LogP contribution in [0.15, 0.2) is 83.9 Å². The summed E-state index contributed by atoms with van der Waals surface area (Å²) in [5, 5.41) is 0. The van der Waals surface area contributed by atoms with Crippen LogP contribution in [0.2, 0.25) is 0 Å². The van der Waals surface area contributed by atoms with Crippen molar-refractivity contribution < 1.29 is 14.3 Å². The van der Waals surface area contributed by atoms with Crippen LogP contribution in [0.3, 0.4) is 0 Å². The summed E-state index contributed by atoms with van der Waals surface area (Å²) >= 11 is 0. The normalized spacial score (nSPS) is 18.6. The Morgan fingerprint density at radius 1 is 0.926 bits per heavy atom. The van der Waals surface area contributed by atoms with Gasteiger partial charge in [0.15, 0.2) is 11.6 Å². The molecule has 0 atom stereocenters. The topological polar surface area (TPSA) is 69.4 Å². The number of carbonyl (C=O) groups is 2. The summed E-state index contributed by atoms with van der Waals surface area (Å²) < 4.78 is 5.49. The van der Waals surface area contributed by atoms with Crippen LogP contribution >= 0.6 is 0 Å². The van der Waals surface area contributed by atoms with Crippen LogP contribution in [-0.4, -0.2) is 11.6 Å². The van der Waals surface area contributed by atoms with E-state index in [-0.39, 0.29) is 17.1 Å². The number of rotatable bonds is 2. The number of hydrogen-bond donors (Lipinski definition) is 1. The first-order valence-corrected chi connectivity index (χ1v) is 8.56. The highest BCUT2D eigenvalue weighted by Gasteiger charge is 2.35. The average Bonchev–Trinajstić information content (AvgIpc) is 2.91. The number of nitrogens with two attached hydrogens (primary N) is 1. The van der Waals surface area contributed by atoms with Crippen LogP contribution in [0.1, 0.15) is 31.8 Å². The molecule has 4 heteroatoms. The minimum absolute atomic E-state index is 0.188. The van der Waals surface area contributed by atoms with Crippen molar-refractivity contribution in [3.05, 3.63) is 106 Å². The van der Waals surface area contributed by atoms with Gasteiger partial charge in [-0.05, 0) is 54.5 Å². The first kappa shape index (κ1) is 16.8. The molecule has 0 fully saturated rings. The molecule has 2 N–H and O–H groups in total. The van der Waals surface area contributed by atoms with E-state index in [1.807, 2.05) is 43.3 Å². The highest BCUT2D eigenvalue weighted by Crippen LogP contribution is 2.31. The summed E-state index contributed by atoms with van der Waals surface area (Å²) in [6, 6.07) is 12.7. The van der Waals surface area contributed by atoms with Crippen LogP contribution in [-0.2, 0) is 4.74 Å². The standard InChI is InChI=1S/C23H17NO3/c1-14-2-9-19-20(12-14)23(26)21(22(19)25)16-10-11-27-18(13-16)8-5-15-3-6-17(24)7-4-15/h2-13H,24H2,1H3/b8-5+,21-16-. The van der Waals surface area contributed by atoms with Crippen LogP contribution in [0.25, 0.3) is 6.08 Å². The molecule has 0 aromatic heterocycles. The molecule has 0 bridgehead atoms. The van der Waals surface area contributed by atoms with Crippen LogP contribution in [0, 0.1) is 6.92 Å². The SMILES string of the molecule is Cc1ccc2c(c1)C(=O)/C(=C1/C=COC(/C=C/c3ccc(N)cc3)=C1)C2=O. The summed E-state index contributed by atoms with van der Waals surface area (Å²) in [5.41, 5.74) is 9.97. The molecule has 0 unspecified atom stereocenters. The number of ether oxygens (including phenoxy) is 1. The Bertz CT molecular complexity index is 1080. The zero-order valence-corrected chi connectivity index (χ0v) is 14.7. The lowest BCUT2D eigenvalue weighted by Crippen LogP contribution is -2.05. The molecule has 0 spiro atoms. The Morgan fingerprint density at radius 3 is 2.44 bits per heavy atom. The Morgan fingerprint density at radius 2 is 1.67 bits per heavy atom. The van der Waals surface area contributed by atoms with Crippen molar-refractivity contribution in [1.82, 2.24) is 0 Å². The summed E-state index contributed by atoms with van der Waals surface area (Å²) in [6.07, 6.45) is 8.50. The van der Waals surface area contributed by atoms with Gasteiger partial charge in [-0.3, -0.25) is 9.59 Å². The number of nitrogen functional groups attached to an aromatic ring is 1. The molecule has 2 aromatic carbocycles. The van der Waals surface area contributed by atoms with Crippen molar-refractivity contribution in [2.45, 2.75) is 6.92 Å². The maximum atomic E-state index is 12.8. The summed E-state index contributed by atoms with van der Waals surface area (Å²) in [4.78, 5) is 25.5. The lowest BCUT2D eigenvalue weighted by Gasteiger charge is -2.09. The van der Waals surface area contributed by atoms with Gasteiger partial charge in [0.1, 0.15) is 5.76 Å². The molecule has 2 aliphatic rings. The Balaban J connectivity index is 1.68. The first-order chi connectivity index (χ1) is 13.0. The molecule has 1 aliphatic carbocycles. The van der Waals surface area contributed by atoms with E-state index in [1.165, 1.54) is 6.26 Å². The fraction of sp³-hybridized carbons (Fsp3) is 0.0435. The fourth-order valence-electron chi connectivity index (χ4n) is 3.13. The zero-order chi connectivity index (χ0) is 19.0. The summed E-state index contributed by atoms with van der Waals surface area (Å²) in [7, 11) is 0. The van der Waals surface area contributed by atoms with Gasteiger partial charge >= 0.3 is 0 Å². The number of allylic oxidation sites excluding steroid dienone is 5. The molecular weight excluding hydrogens is 338 g/mol. The molecule has 0 amide bonds. The monoisotopic (exact) mass is 355 g/mol. The number of carbonyl (C=O) groups excluding carboxylic acids is 2. The lowest BCUT2D eigenvalue weighted by atomic mass is 10.0. The van der Waals surface area contributed by atoms with Gasteiger partial charge in [0.25, 0.3) is 0 Å². The number of fused-ring (bicyclic) bond motifs is 1. The molecule has 0 saturated heterocycles. The molecule has 2 aromatic rings. The van der Waals surface area contributed by atoms with Crippen molar-refractivity contribution >= 4 is 23.3 Å². The smallest absolute Gasteiger partial charge is 0.198 e. The van der Waals surface area contributed by atoms with E-state index in [4.69, 9.17) is 10.5 Å². The van der Waals surface area contributed by atoms with E-state index in [1.54, 1.807) is 30.4 Å². The van der Waals surface area contributed by atoms with Gasteiger partial charge in [0.05, 0.1) is 11.8 Å². The molecule has 0 saturated carbocycles. The zero-order valence-electron chi connectivity index (χ0n) is 14.7. The average molecular weight is 355 g/mol. The van der Waals surface area contributed by atoms with E-state index in [9.17, 15) is 9.59 Å². The maximum Gasteiger partial charge on any atom is 0.198 e. The number of benzene rings is 2. The minimum Gasteiger partial charge on any atom is -0.465 e. The van der Waals surface area contributed by atoms with Crippen molar-refractivity contribution in [3.8, 4) is 0 Å². The van der Waals surface area contributed by atoms with Crippen LogP contribution in [0.4, 0.5) is 5.69 Å². The Labute approximate surface area is 157 Å². The minimum atomic E-state index is -0.241. The van der Waals surface area contributed by atoms with Gasteiger partial charge < -0.3 is 10.5 Å². The maximum absolute atomic E-state index is 12.8. The van der Waals surface area contributed by atoms with Crippen LogP contribution in [0.5, 0.6) is 0 Å². The van der Waals surface area contributed by atoms with Gasteiger partial charge in [-0.15, -0.1) is 0 Å². The van der Waals surface area contributed by atoms with Crippen molar-refractivity contribution in [2.24, 2.45) is 0 Å². The number of ketones is 2. The van der Waals surface area contributed by atoms with E-state index < -0.39 is 0 Å². The van der Waals surface area contributed by atoms with Crippen molar-refractivity contribution in [3.63, 3.8) is 0 Å². The Hall–Kier alpha value is -3.66. The molecule has 1 heterocycles. The van der Waals surface area contributed by atoms with E-state index >= 15 is 0 Å². The van der Waals surface area contributed by atoms with E-state index in [2.05, 4.69) is 0 Å². The summed E-state index contributed by atoms with van der Waals surface area (Å²) in [5.74, 6) is 0.0672. The summed E-state index contributed by atoms with van der Waals surface area (Å²) in [6.45, 7) is 1.90. The van der Waals surface area contributed by atoms with Gasteiger partial charge in [0.2, 0.25) is 0 Å². The van der Waals surface area contributed by atoms with Gasteiger partial charge in [0, 0.05) is 16.8 Å². The third-order valence-corrected chi connectivity index (χ3v) is 4.53. The van der Waals surface area contributed by atoms with Gasteiger partial charge in [-0.2, -0.15) is 0 Å². The second-order valence-electron chi connectivity index (χ2n) is 6.50. The molecule has 132 valence electrons. The highest BCUT2D eigenvalue weighted by atomic mass is 16.5. The molecule has 27 heavy (non-hydrogen) atoms. The van der Waals surface area contributed by atoms with Gasteiger partial charge in [-0.1, -0.05) is 35.9 Å². The second kappa shape index (κ2) is 6.57. The number of hydrogen-bond acceptors (Lipinski definition) is 4. The molecule has 4 rings (SSSR count). The van der Waals surface area contributed by atoms with Crippen molar-refractivity contribution in [1.29, 1.82) is 0 Å².